The van der Waals surface area contributed by atoms with E-state index in [0.29, 0.717) is 12.6 Å². The van der Waals surface area contributed by atoms with Crippen molar-refractivity contribution >= 4 is 10.0 Å². The number of hydrogen-bond donors (Lipinski definition) is 1. The van der Waals surface area contributed by atoms with Crippen LogP contribution in [0.2, 0.25) is 0 Å². The van der Waals surface area contributed by atoms with Crippen molar-refractivity contribution in [2.75, 3.05) is 26.0 Å². The van der Waals surface area contributed by atoms with Crippen LogP contribution in [0.3, 0.4) is 0 Å². The van der Waals surface area contributed by atoms with E-state index in [1.807, 2.05) is 6.20 Å². The Morgan fingerprint density at radius 2 is 2.33 bits per heavy atom. The Balaban J connectivity index is 1.74. The maximum absolute atomic E-state index is 11.2. The molecule has 116 valence electrons. The van der Waals surface area contributed by atoms with Crippen molar-refractivity contribution in [3.05, 3.63) is 29.1 Å². The van der Waals surface area contributed by atoms with Crippen molar-refractivity contribution in [2.45, 2.75) is 32.0 Å². The highest BCUT2D eigenvalue weighted by Gasteiger charge is 2.27. The van der Waals surface area contributed by atoms with E-state index in [9.17, 15) is 8.42 Å². The Labute approximate surface area is 125 Å². The smallest absolute Gasteiger partial charge is 0.209 e. The Hall–Kier alpha value is -1.02. The number of hydrogen-bond acceptors (Lipinski definition) is 5. The van der Waals surface area contributed by atoms with Gasteiger partial charge in [-0.3, -0.25) is 9.88 Å². The zero-order valence-electron chi connectivity index (χ0n) is 12.2. The highest BCUT2D eigenvalue weighted by atomic mass is 32.2. The summed E-state index contributed by atoms with van der Waals surface area (Å²) in [5.41, 5.74) is 3.44. The summed E-state index contributed by atoms with van der Waals surface area (Å²) in [7, 11) is -3.18. The molecule has 0 bridgehead atoms. The summed E-state index contributed by atoms with van der Waals surface area (Å²) in [4.78, 5) is 6.72. The van der Waals surface area contributed by atoms with Crippen LogP contribution in [-0.4, -0.2) is 50.4 Å². The Morgan fingerprint density at radius 1 is 1.48 bits per heavy atom. The number of fused-ring (bicyclic) bond motifs is 1. The molecule has 1 fully saturated rings. The second kappa shape index (κ2) is 6.00. The lowest BCUT2D eigenvalue weighted by Gasteiger charge is -2.33. The van der Waals surface area contributed by atoms with Gasteiger partial charge in [0.1, 0.15) is 0 Å². The van der Waals surface area contributed by atoms with E-state index in [4.69, 9.17) is 4.74 Å². The summed E-state index contributed by atoms with van der Waals surface area (Å²) in [5.74, 6) is 0. The molecule has 0 saturated carbocycles. The molecule has 0 aliphatic carbocycles. The maximum Gasteiger partial charge on any atom is 0.209 e. The Morgan fingerprint density at radius 3 is 3.05 bits per heavy atom. The average molecular weight is 311 g/mol. The van der Waals surface area contributed by atoms with Crippen molar-refractivity contribution in [1.82, 2.24) is 14.6 Å². The van der Waals surface area contributed by atoms with Crippen LogP contribution in [0.5, 0.6) is 0 Å². The normalized spacial score (nSPS) is 23.2. The first-order valence-corrected chi connectivity index (χ1v) is 9.13. The topological polar surface area (TPSA) is 71.5 Å². The minimum absolute atomic E-state index is 0.321. The summed E-state index contributed by atoms with van der Waals surface area (Å²) in [5, 5.41) is 0. The average Bonchev–Trinajstić information content (AvgIpc) is 2.97. The third-order valence-electron chi connectivity index (χ3n) is 4.21. The molecular weight excluding hydrogens is 290 g/mol. The molecule has 3 heterocycles. The predicted octanol–water partition coefficient (Wildman–Crippen LogP) is 0.278. The van der Waals surface area contributed by atoms with Gasteiger partial charge in [-0.25, -0.2) is 13.1 Å². The van der Waals surface area contributed by atoms with E-state index in [1.165, 1.54) is 17.4 Å². The van der Waals surface area contributed by atoms with Gasteiger partial charge < -0.3 is 4.74 Å². The van der Waals surface area contributed by atoms with Crippen molar-refractivity contribution in [2.24, 2.45) is 0 Å². The fourth-order valence-corrected chi connectivity index (χ4v) is 3.49. The fourth-order valence-electron chi connectivity index (χ4n) is 3.07. The van der Waals surface area contributed by atoms with E-state index >= 15 is 0 Å². The van der Waals surface area contributed by atoms with E-state index in [2.05, 4.69) is 14.6 Å². The van der Waals surface area contributed by atoms with Crippen LogP contribution in [0.1, 0.15) is 23.1 Å². The molecule has 3 rings (SSSR count). The Kier molecular flexibility index (Phi) is 4.26. The first-order chi connectivity index (χ1) is 10.0. The summed E-state index contributed by atoms with van der Waals surface area (Å²) in [6, 6.07) is 0.510. The third kappa shape index (κ3) is 3.60. The minimum atomic E-state index is -3.18. The van der Waals surface area contributed by atoms with Gasteiger partial charge in [0.05, 0.1) is 12.9 Å². The molecule has 1 aromatic rings. The molecule has 1 unspecified atom stereocenters. The summed E-state index contributed by atoms with van der Waals surface area (Å²) in [6.45, 7) is 3.87. The van der Waals surface area contributed by atoms with Crippen molar-refractivity contribution in [3.63, 3.8) is 0 Å². The number of aromatic nitrogens is 1. The van der Waals surface area contributed by atoms with Crippen LogP contribution >= 0.6 is 0 Å². The monoisotopic (exact) mass is 311 g/mol. The Bertz CT molecular complexity index is 612. The van der Waals surface area contributed by atoms with Gasteiger partial charge in [-0.2, -0.15) is 0 Å². The summed E-state index contributed by atoms with van der Waals surface area (Å²) in [6.07, 6.45) is 6.89. The van der Waals surface area contributed by atoms with E-state index in [-0.39, 0.29) is 0 Å². The molecule has 0 aromatic carbocycles. The van der Waals surface area contributed by atoms with Crippen LogP contribution < -0.4 is 4.72 Å². The first-order valence-electron chi connectivity index (χ1n) is 7.24. The van der Waals surface area contributed by atoms with Crippen molar-refractivity contribution in [1.29, 1.82) is 0 Å². The van der Waals surface area contributed by atoms with Gasteiger partial charge in [-0.1, -0.05) is 0 Å². The predicted molar refractivity (Wildman–Crippen MR) is 79.3 cm³/mol. The number of pyridine rings is 1. The molecule has 2 aliphatic heterocycles. The minimum Gasteiger partial charge on any atom is -0.380 e. The van der Waals surface area contributed by atoms with Gasteiger partial charge in [0, 0.05) is 44.7 Å². The molecule has 1 aromatic heterocycles. The van der Waals surface area contributed by atoms with Gasteiger partial charge in [0.2, 0.25) is 10.0 Å². The van der Waals surface area contributed by atoms with Gasteiger partial charge >= 0.3 is 0 Å². The van der Waals surface area contributed by atoms with Crippen molar-refractivity contribution in [3.8, 4) is 0 Å². The van der Waals surface area contributed by atoms with Crippen LogP contribution in [0, 0.1) is 0 Å². The van der Waals surface area contributed by atoms with Crippen LogP contribution in [0.25, 0.3) is 0 Å². The molecule has 6 nitrogen and oxygen atoms in total. The summed E-state index contributed by atoms with van der Waals surface area (Å²) < 4.78 is 30.5. The molecule has 7 heteroatoms. The molecule has 1 N–H and O–H groups in total. The fraction of sp³-hybridized carbons (Fsp3) is 0.643. The van der Waals surface area contributed by atoms with Crippen LogP contribution in [0.15, 0.2) is 12.4 Å². The maximum atomic E-state index is 11.2. The van der Waals surface area contributed by atoms with Crippen LogP contribution in [-0.2, 0) is 34.3 Å². The standard InChI is InChI=1S/C14H21N3O3S/c1-21(18,19)16-8-11-6-15-7-12-9-17(4-2-14(11)12)13-3-5-20-10-13/h6-7,13,16H,2-5,8-10H2,1H3. The molecule has 1 atom stereocenters. The van der Waals surface area contributed by atoms with Gasteiger partial charge in [-0.05, 0) is 29.5 Å². The molecule has 2 aliphatic rings. The highest BCUT2D eigenvalue weighted by Crippen LogP contribution is 2.25. The molecular formula is C14H21N3O3S. The van der Waals surface area contributed by atoms with E-state index < -0.39 is 10.0 Å². The zero-order chi connectivity index (χ0) is 14.9. The number of sulfonamides is 1. The summed E-state index contributed by atoms with van der Waals surface area (Å²) >= 11 is 0. The number of ether oxygens (including phenoxy) is 1. The zero-order valence-corrected chi connectivity index (χ0v) is 13.0. The lowest BCUT2D eigenvalue weighted by Crippen LogP contribution is -2.40. The second-order valence-electron chi connectivity index (χ2n) is 5.77. The largest absolute Gasteiger partial charge is 0.380 e. The van der Waals surface area contributed by atoms with Gasteiger partial charge in [0.25, 0.3) is 0 Å². The van der Waals surface area contributed by atoms with Gasteiger partial charge in [0.15, 0.2) is 0 Å². The number of rotatable bonds is 4. The first kappa shape index (κ1) is 14.9. The van der Waals surface area contributed by atoms with E-state index in [1.54, 1.807) is 6.20 Å². The lowest BCUT2D eigenvalue weighted by molar-refractivity contribution is 0.134. The number of nitrogens with one attached hydrogen (secondary N) is 1. The molecule has 1 saturated heterocycles. The molecule has 0 spiro atoms. The quantitative estimate of drug-likeness (QED) is 0.865. The van der Waals surface area contributed by atoms with Gasteiger partial charge in [-0.15, -0.1) is 0 Å². The van der Waals surface area contributed by atoms with E-state index in [0.717, 1.165) is 44.7 Å². The molecule has 0 radical (unpaired) electrons. The third-order valence-corrected chi connectivity index (χ3v) is 4.87. The van der Waals surface area contributed by atoms with Crippen molar-refractivity contribution < 1.29 is 13.2 Å². The lowest BCUT2D eigenvalue weighted by atomic mass is 9.96. The van der Waals surface area contributed by atoms with Crippen LogP contribution in [0.4, 0.5) is 0 Å². The highest BCUT2D eigenvalue weighted by molar-refractivity contribution is 7.88. The SMILES string of the molecule is CS(=O)(=O)NCc1cncc2c1CCN(C1CCOC1)C2. The second-order valence-corrected chi connectivity index (χ2v) is 7.60. The molecule has 0 amide bonds. The number of nitrogens with zero attached hydrogens (tertiary/aromatic N) is 2. The molecule has 21 heavy (non-hydrogen) atoms.